The van der Waals surface area contributed by atoms with Gasteiger partial charge in [0.2, 0.25) is 0 Å². The topological polar surface area (TPSA) is 64.5 Å². The number of rotatable bonds is 6. The third-order valence-corrected chi connectivity index (χ3v) is 9.27. The SMILES string of the molecule is Cc1ccccc1-c1cccc(C#N)c1Nc1cc(-c2ccccc2-c2ccccc2-n2c3ccccc3c3ccccc32)ccc1C#N. The van der Waals surface area contributed by atoms with E-state index in [-0.39, 0.29) is 0 Å². The summed E-state index contributed by atoms with van der Waals surface area (Å²) in [5, 5.41) is 26.3. The summed E-state index contributed by atoms with van der Waals surface area (Å²) in [5.74, 6) is 0. The van der Waals surface area contributed by atoms with Crippen molar-refractivity contribution in [1.29, 1.82) is 10.5 Å². The summed E-state index contributed by atoms with van der Waals surface area (Å²) < 4.78 is 2.36. The average Bonchev–Trinajstić information content (AvgIpc) is 3.49. The van der Waals surface area contributed by atoms with Crippen LogP contribution in [0.1, 0.15) is 16.7 Å². The maximum atomic E-state index is 10.2. The number of fused-ring (bicyclic) bond motifs is 3. The molecule has 0 spiro atoms. The van der Waals surface area contributed by atoms with Crippen molar-refractivity contribution in [3.63, 3.8) is 0 Å². The van der Waals surface area contributed by atoms with Gasteiger partial charge in [-0.1, -0.05) is 121 Å². The molecule has 0 bridgehead atoms. The van der Waals surface area contributed by atoms with Crippen LogP contribution in [0.15, 0.2) is 158 Å². The number of nitrogens with one attached hydrogen (secondary N) is 1. The van der Waals surface area contributed by atoms with Crippen molar-refractivity contribution < 1.29 is 0 Å². The highest BCUT2D eigenvalue weighted by Gasteiger charge is 2.19. The molecule has 1 aromatic heterocycles. The highest BCUT2D eigenvalue weighted by atomic mass is 15.0. The van der Waals surface area contributed by atoms with Crippen LogP contribution in [0.3, 0.4) is 0 Å². The van der Waals surface area contributed by atoms with E-state index < -0.39 is 0 Å². The van der Waals surface area contributed by atoms with Crippen LogP contribution in [0, 0.1) is 29.6 Å². The quantitative estimate of drug-likeness (QED) is 0.200. The molecule has 0 aliphatic heterocycles. The minimum Gasteiger partial charge on any atom is -0.353 e. The second-order valence-electron chi connectivity index (χ2n) is 12.1. The molecule has 8 rings (SSSR count). The minimum absolute atomic E-state index is 0.496. The maximum Gasteiger partial charge on any atom is 0.101 e. The Hall–Kier alpha value is -6.88. The summed E-state index contributed by atoms with van der Waals surface area (Å²) >= 11 is 0. The lowest BCUT2D eigenvalue weighted by atomic mass is 9.92. The fourth-order valence-electron chi connectivity index (χ4n) is 6.98. The maximum absolute atomic E-state index is 10.2. The number of hydrogen-bond acceptors (Lipinski definition) is 3. The highest BCUT2D eigenvalue weighted by molar-refractivity contribution is 6.10. The molecule has 0 amide bonds. The van der Waals surface area contributed by atoms with Crippen LogP contribution in [0.25, 0.3) is 60.9 Å². The number of para-hydroxylation sites is 4. The van der Waals surface area contributed by atoms with Gasteiger partial charge in [0.25, 0.3) is 0 Å². The summed E-state index contributed by atoms with van der Waals surface area (Å²) in [5.41, 5.74) is 12.9. The molecule has 8 aromatic rings. The van der Waals surface area contributed by atoms with E-state index in [1.54, 1.807) is 6.07 Å². The van der Waals surface area contributed by atoms with E-state index >= 15 is 0 Å². The van der Waals surface area contributed by atoms with Crippen LogP contribution >= 0.6 is 0 Å². The van der Waals surface area contributed by atoms with Crippen LogP contribution < -0.4 is 5.32 Å². The summed E-state index contributed by atoms with van der Waals surface area (Å²) in [4.78, 5) is 0. The second-order valence-corrected chi connectivity index (χ2v) is 12.1. The average molecular weight is 627 g/mol. The van der Waals surface area contributed by atoms with Crippen LogP contribution in [0.4, 0.5) is 11.4 Å². The van der Waals surface area contributed by atoms with Crippen molar-refractivity contribution >= 4 is 33.2 Å². The van der Waals surface area contributed by atoms with Crippen molar-refractivity contribution in [2.45, 2.75) is 6.92 Å². The lowest BCUT2D eigenvalue weighted by molar-refractivity contribution is 1.18. The summed E-state index contributed by atoms with van der Waals surface area (Å²) in [6, 6.07) is 58.5. The Bertz CT molecular complexity index is 2580. The first-order chi connectivity index (χ1) is 24.2. The predicted molar refractivity (Wildman–Crippen MR) is 201 cm³/mol. The Kier molecular flexibility index (Phi) is 7.46. The van der Waals surface area contributed by atoms with E-state index in [2.05, 4.69) is 138 Å². The molecule has 0 aliphatic rings. The van der Waals surface area contributed by atoms with Gasteiger partial charge in [0.1, 0.15) is 12.1 Å². The Balaban J connectivity index is 1.29. The van der Waals surface area contributed by atoms with Crippen molar-refractivity contribution in [3.8, 4) is 51.2 Å². The van der Waals surface area contributed by atoms with Crippen LogP contribution in [0.5, 0.6) is 0 Å². The van der Waals surface area contributed by atoms with Gasteiger partial charge >= 0.3 is 0 Å². The first kappa shape index (κ1) is 29.5. The zero-order valence-corrected chi connectivity index (χ0v) is 26.9. The molecule has 4 nitrogen and oxygen atoms in total. The third kappa shape index (κ3) is 5.10. The van der Waals surface area contributed by atoms with Crippen LogP contribution in [-0.2, 0) is 0 Å². The van der Waals surface area contributed by atoms with Gasteiger partial charge in [-0.3, -0.25) is 0 Å². The summed E-state index contributed by atoms with van der Waals surface area (Å²) in [6.45, 7) is 2.06. The molecular formula is C45H30N4. The number of anilines is 2. The van der Waals surface area contributed by atoms with Crippen molar-refractivity contribution in [2.75, 3.05) is 5.32 Å². The Morgan fingerprint density at radius 2 is 1.06 bits per heavy atom. The van der Waals surface area contributed by atoms with Crippen molar-refractivity contribution in [2.24, 2.45) is 0 Å². The monoisotopic (exact) mass is 626 g/mol. The molecule has 0 saturated carbocycles. The third-order valence-electron chi connectivity index (χ3n) is 9.27. The van der Waals surface area contributed by atoms with Gasteiger partial charge in [0.15, 0.2) is 0 Å². The van der Waals surface area contributed by atoms with E-state index in [0.717, 1.165) is 55.7 Å². The molecule has 0 radical (unpaired) electrons. The first-order valence-corrected chi connectivity index (χ1v) is 16.2. The highest BCUT2D eigenvalue weighted by Crippen LogP contribution is 2.41. The van der Waals surface area contributed by atoms with E-state index in [4.69, 9.17) is 0 Å². The molecule has 0 fully saturated rings. The molecule has 7 aromatic carbocycles. The normalized spacial score (nSPS) is 10.9. The zero-order valence-electron chi connectivity index (χ0n) is 26.9. The van der Waals surface area contributed by atoms with Crippen LogP contribution in [0.2, 0.25) is 0 Å². The fraction of sp³-hybridized carbons (Fsp3) is 0.0222. The lowest BCUT2D eigenvalue weighted by Crippen LogP contribution is -2.00. The number of benzene rings is 7. The molecule has 1 heterocycles. The molecule has 1 N–H and O–H groups in total. The number of nitrogens with zero attached hydrogens (tertiary/aromatic N) is 3. The Labute approximate surface area is 285 Å². The van der Waals surface area contributed by atoms with Crippen molar-refractivity contribution in [1.82, 2.24) is 4.57 Å². The fourth-order valence-corrected chi connectivity index (χ4v) is 6.98. The van der Waals surface area contributed by atoms with Gasteiger partial charge in [-0.25, -0.2) is 0 Å². The molecule has 4 heteroatoms. The van der Waals surface area contributed by atoms with Crippen LogP contribution in [-0.4, -0.2) is 4.57 Å². The number of nitriles is 2. The van der Waals surface area contributed by atoms with Gasteiger partial charge in [-0.15, -0.1) is 0 Å². The first-order valence-electron chi connectivity index (χ1n) is 16.2. The van der Waals surface area contributed by atoms with E-state index in [0.29, 0.717) is 22.5 Å². The molecule has 0 saturated heterocycles. The predicted octanol–water partition coefficient (Wildman–Crippen LogP) is 11.6. The van der Waals surface area contributed by atoms with Gasteiger partial charge in [0.05, 0.1) is 39.2 Å². The van der Waals surface area contributed by atoms with Gasteiger partial charge < -0.3 is 9.88 Å². The van der Waals surface area contributed by atoms with Gasteiger partial charge in [-0.2, -0.15) is 10.5 Å². The van der Waals surface area contributed by atoms with E-state index in [9.17, 15) is 10.5 Å². The van der Waals surface area contributed by atoms with Gasteiger partial charge in [0, 0.05) is 21.9 Å². The molecule has 230 valence electrons. The lowest BCUT2D eigenvalue weighted by Gasteiger charge is -2.19. The molecular weight excluding hydrogens is 597 g/mol. The number of aryl methyl sites for hydroxylation is 1. The summed E-state index contributed by atoms with van der Waals surface area (Å²) in [6.07, 6.45) is 0. The van der Waals surface area contributed by atoms with E-state index in [1.807, 2.05) is 42.5 Å². The molecule has 49 heavy (non-hydrogen) atoms. The molecule has 0 aliphatic carbocycles. The van der Waals surface area contributed by atoms with Gasteiger partial charge in [-0.05, 0) is 71.1 Å². The number of hydrogen-bond donors (Lipinski definition) is 1. The molecule has 0 atom stereocenters. The second kappa shape index (κ2) is 12.4. The molecule has 0 unspecified atom stereocenters. The van der Waals surface area contributed by atoms with Crippen molar-refractivity contribution in [3.05, 3.63) is 174 Å². The Morgan fingerprint density at radius 1 is 0.490 bits per heavy atom. The number of aromatic nitrogens is 1. The Morgan fingerprint density at radius 3 is 1.76 bits per heavy atom. The largest absolute Gasteiger partial charge is 0.353 e. The smallest absolute Gasteiger partial charge is 0.101 e. The zero-order chi connectivity index (χ0) is 33.3. The summed E-state index contributed by atoms with van der Waals surface area (Å²) in [7, 11) is 0. The van der Waals surface area contributed by atoms with E-state index in [1.165, 1.54) is 10.8 Å². The minimum atomic E-state index is 0.496. The standard InChI is InChI=1S/C45H30N4/c1-30-13-2-3-15-34(30)40-21-12-14-33(29-47)45(40)48-41-27-31(25-26-32(41)28-46)35-16-4-5-17-36(35)37-18-6-9-22-42(37)49-43-23-10-7-19-38(43)39-20-8-11-24-44(39)49/h2-27,48H,1H3.